The van der Waals surface area contributed by atoms with E-state index in [1.165, 1.54) is 22.9 Å². The molecule has 5 nitrogen and oxygen atoms in total. The van der Waals surface area contributed by atoms with E-state index in [4.69, 9.17) is 4.74 Å². The van der Waals surface area contributed by atoms with Gasteiger partial charge in [-0.2, -0.15) is 0 Å². The molecule has 1 aromatic heterocycles. The fourth-order valence-corrected chi connectivity index (χ4v) is 3.11. The number of carbonyl (C=O) groups excluding carboxylic acids is 1. The van der Waals surface area contributed by atoms with Crippen LogP contribution < -0.4 is 5.32 Å². The van der Waals surface area contributed by atoms with E-state index in [2.05, 4.69) is 42.3 Å². The number of ether oxygens (including phenoxy) is 1. The molecule has 6 heteroatoms. The molecule has 0 saturated heterocycles. The highest BCUT2D eigenvalue weighted by molar-refractivity contribution is 7.99. The Labute approximate surface area is 141 Å². The average molecular weight is 333 g/mol. The van der Waals surface area contributed by atoms with Crippen LogP contribution in [0.15, 0.2) is 35.7 Å². The Morgan fingerprint density at radius 1 is 1.30 bits per heavy atom. The van der Waals surface area contributed by atoms with Gasteiger partial charge in [0, 0.05) is 38.3 Å². The van der Waals surface area contributed by atoms with Crippen molar-refractivity contribution in [2.24, 2.45) is 0 Å². The third-order valence-electron chi connectivity index (χ3n) is 3.27. The summed E-state index contributed by atoms with van der Waals surface area (Å²) in [7, 11) is 1.66. The van der Waals surface area contributed by atoms with Gasteiger partial charge >= 0.3 is 0 Å². The van der Waals surface area contributed by atoms with Crippen LogP contribution in [-0.2, 0) is 9.53 Å². The van der Waals surface area contributed by atoms with E-state index >= 15 is 0 Å². The summed E-state index contributed by atoms with van der Waals surface area (Å²) >= 11 is 1.44. The first-order valence-corrected chi connectivity index (χ1v) is 8.59. The van der Waals surface area contributed by atoms with Crippen LogP contribution in [0.2, 0.25) is 0 Å². The summed E-state index contributed by atoms with van der Waals surface area (Å²) in [6, 6.07) is 6.37. The summed E-state index contributed by atoms with van der Waals surface area (Å²) in [5, 5.41) is 3.70. The summed E-state index contributed by atoms with van der Waals surface area (Å²) in [5.74, 6) is 0.371. The number of nitrogens with zero attached hydrogens (tertiary/aromatic N) is 2. The number of hydrogen-bond acceptors (Lipinski definition) is 4. The second kappa shape index (κ2) is 8.74. The third-order valence-corrected chi connectivity index (χ3v) is 4.24. The van der Waals surface area contributed by atoms with Gasteiger partial charge in [0.05, 0.1) is 5.75 Å². The van der Waals surface area contributed by atoms with Crippen LogP contribution in [0.5, 0.6) is 0 Å². The minimum Gasteiger partial charge on any atom is -0.385 e. The van der Waals surface area contributed by atoms with E-state index in [-0.39, 0.29) is 5.91 Å². The lowest BCUT2D eigenvalue weighted by Gasteiger charge is -2.10. The molecule has 124 valence electrons. The minimum absolute atomic E-state index is 0.0149. The number of aromatic nitrogens is 2. The maximum absolute atomic E-state index is 11.8. The summed E-state index contributed by atoms with van der Waals surface area (Å²) in [6.45, 7) is 5.45. The molecule has 0 saturated carbocycles. The summed E-state index contributed by atoms with van der Waals surface area (Å²) in [4.78, 5) is 16.2. The van der Waals surface area contributed by atoms with E-state index in [1.54, 1.807) is 13.3 Å². The van der Waals surface area contributed by atoms with Crippen molar-refractivity contribution in [1.82, 2.24) is 14.9 Å². The quantitative estimate of drug-likeness (QED) is 0.596. The van der Waals surface area contributed by atoms with Gasteiger partial charge in [-0.15, -0.1) is 0 Å². The highest BCUT2D eigenvalue weighted by Gasteiger charge is 2.09. The Kier molecular flexibility index (Phi) is 6.67. The Bertz CT molecular complexity index is 635. The van der Waals surface area contributed by atoms with Crippen molar-refractivity contribution in [3.05, 3.63) is 41.7 Å². The maximum atomic E-state index is 11.8. The Morgan fingerprint density at radius 3 is 2.74 bits per heavy atom. The number of nitrogens with one attached hydrogen (secondary N) is 1. The van der Waals surface area contributed by atoms with Crippen LogP contribution in [-0.4, -0.2) is 41.5 Å². The molecule has 0 aliphatic rings. The van der Waals surface area contributed by atoms with Crippen molar-refractivity contribution < 1.29 is 9.53 Å². The highest BCUT2D eigenvalue weighted by Crippen LogP contribution is 2.22. The first-order chi connectivity index (χ1) is 11.1. The summed E-state index contributed by atoms with van der Waals surface area (Å²) in [5.41, 5.74) is 3.49. The van der Waals surface area contributed by atoms with Crippen LogP contribution in [0, 0.1) is 13.8 Å². The lowest BCUT2D eigenvalue weighted by molar-refractivity contribution is -0.118. The van der Waals surface area contributed by atoms with Crippen molar-refractivity contribution in [2.75, 3.05) is 26.0 Å². The molecule has 0 aliphatic carbocycles. The van der Waals surface area contributed by atoms with Gasteiger partial charge in [0.15, 0.2) is 5.16 Å². The van der Waals surface area contributed by atoms with Crippen LogP contribution in [0.4, 0.5) is 0 Å². The number of carbonyl (C=O) groups is 1. The Morgan fingerprint density at radius 2 is 2.04 bits per heavy atom. The molecule has 2 rings (SSSR count). The lowest BCUT2D eigenvalue weighted by atomic mass is 10.1. The topological polar surface area (TPSA) is 56.1 Å². The highest BCUT2D eigenvalue weighted by atomic mass is 32.2. The molecule has 1 amide bonds. The fraction of sp³-hybridized carbons (Fsp3) is 0.412. The van der Waals surface area contributed by atoms with Crippen LogP contribution >= 0.6 is 11.8 Å². The van der Waals surface area contributed by atoms with Gasteiger partial charge in [0.2, 0.25) is 5.91 Å². The number of rotatable bonds is 8. The average Bonchev–Trinajstić information content (AvgIpc) is 2.97. The van der Waals surface area contributed by atoms with Gasteiger partial charge in [-0.3, -0.25) is 9.36 Å². The van der Waals surface area contributed by atoms with Crippen molar-refractivity contribution in [2.45, 2.75) is 25.4 Å². The summed E-state index contributed by atoms with van der Waals surface area (Å²) < 4.78 is 6.97. The van der Waals surface area contributed by atoms with Crippen molar-refractivity contribution in [1.29, 1.82) is 0 Å². The normalized spacial score (nSPS) is 10.7. The minimum atomic E-state index is 0.0149. The molecule has 1 aromatic carbocycles. The zero-order chi connectivity index (χ0) is 16.7. The first kappa shape index (κ1) is 17.6. The second-order valence-electron chi connectivity index (χ2n) is 5.41. The fourth-order valence-electron chi connectivity index (χ4n) is 2.31. The number of hydrogen-bond donors (Lipinski definition) is 1. The van der Waals surface area contributed by atoms with Gasteiger partial charge in [-0.1, -0.05) is 17.8 Å². The monoisotopic (exact) mass is 333 g/mol. The molecule has 0 radical (unpaired) electrons. The van der Waals surface area contributed by atoms with Gasteiger partial charge in [0.1, 0.15) is 0 Å². The Balaban J connectivity index is 1.95. The zero-order valence-electron chi connectivity index (χ0n) is 13.8. The predicted octanol–water partition coefficient (Wildman–Crippen LogP) is 2.73. The van der Waals surface area contributed by atoms with Crippen molar-refractivity contribution >= 4 is 17.7 Å². The molecular weight excluding hydrogens is 310 g/mol. The number of benzene rings is 1. The molecule has 23 heavy (non-hydrogen) atoms. The van der Waals surface area contributed by atoms with Gasteiger partial charge < -0.3 is 10.1 Å². The molecule has 0 unspecified atom stereocenters. The molecular formula is C17H23N3O2S. The van der Waals surface area contributed by atoms with E-state index < -0.39 is 0 Å². The third kappa shape index (κ3) is 5.41. The van der Waals surface area contributed by atoms with Crippen LogP contribution in [0.3, 0.4) is 0 Å². The molecule has 2 aromatic rings. The molecule has 1 heterocycles. The van der Waals surface area contributed by atoms with E-state index in [0.29, 0.717) is 18.9 Å². The van der Waals surface area contributed by atoms with Gasteiger partial charge in [0.25, 0.3) is 0 Å². The number of imidazole rings is 1. The second-order valence-corrected chi connectivity index (χ2v) is 6.35. The molecule has 0 bridgehead atoms. The largest absolute Gasteiger partial charge is 0.385 e. The molecule has 0 fully saturated rings. The van der Waals surface area contributed by atoms with Gasteiger partial charge in [-0.05, 0) is 43.5 Å². The Hall–Kier alpha value is -1.79. The van der Waals surface area contributed by atoms with Crippen molar-refractivity contribution in [3.8, 4) is 5.69 Å². The lowest BCUT2D eigenvalue weighted by Crippen LogP contribution is -2.26. The number of amides is 1. The van der Waals surface area contributed by atoms with E-state index in [0.717, 1.165) is 17.3 Å². The van der Waals surface area contributed by atoms with Crippen LogP contribution in [0.25, 0.3) is 5.69 Å². The summed E-state index contributed by atoms with van der Waals surface area (Å²) in [6.07, 6.45) is 4.51. The zero-order valence-corrected chi connectivity index (χ0v) is 14.7. The molecule has 1 N–H and O–H groups in total. The van der Waals surface area contributed by atoms with Gasteiger partial charge in [-0.25, -0.2) is 4.98 Å². The number of methoxy groups -OCH3 is 1. The predicted molar refractivity (Wildman–Crippen MR) is 93.3 cm³/mol. The first-order valence-electron chi connectivity index (χ1n) is 7.60. The number of thioether (sulfide) groups is 1. The SMILES string of the molecule is COCCCNC(=O)CSc1nccn1-c1cc(C)cc(C)c1. The molecule has 0 atom stereocenters. The maximum Gasteiger partial charge on any atom is 0.230 e. The van der Waals surface area contributed by atoms with E-state index in [1.807, 2.05) is 10.8 Å². The smallest absolute Gasteiger partial charge is 0.230 e. The molecule has 0 spiro atoms. The van der Waals surface area contributed by atoms with Crippen LogP contribution in [0.1, 0.15) is 17.5 Å². The molecule has 0 aliphatic heterocycles. The van der Waals surface area contributed by atoms with E-state index in [9.17, 15) is 4.79 Å². The number of aryl methyl sites for hydroxylation is 2. The van der Waals surface area contributed by atoms with Crippen molar-refractivity contribution in [3.63, 3.8) is 0 Å². The standard InChI is InChI=1S/C17H23N3O2S/c1-13-9-14(2)11-15(10-13)20-7-6-19-17(20)23-12-16(21)18-5-4-8-22-3/h6-7,9-11H,4-5,8,12H2,1-3H3,(H,18,21).